The Labute approximate surface area is 153 Å². The van der Waals surface area contributed by atoms with Gasteiger partial charge >= 0.3 is 0 Å². The van der Waals surface area contributed by atoms with Crippen LogP contribution < -0.4 is 10.2 Å². The average molecular weight is 358 g/mol. The minimum Gasteiger partial charge on any atom is -0.380 e. The van der Waals surface area contributed by atoms with Crippen LogP contribution in [0.25, 0.3) is 0 Å². The highest BCUT2D eigenvalue weighted by Gasteiger charge is 2.24. The number of aromatic nitrogens is 4. The van der Waals surface area contributed by atoms with E-state index >= 15 is 0 Å². The van der Waals surface area contributed by atoms with Crippen LogP contribution in [0.4, 0.5) is 5.82 Å². The molecule has 140 valence electrons. The van der Waals surface area contributed by atoms with E-state index in [-0.39, 0.29) is 11.9 Å². The van der Waals surface area contributed by atoms with Gasteiger partial charge in [-0.2, -0.15) is 5.10 Å². The van der Waals surface area contributed by atoms with Gasteiger partial charge in [0.05, 0.1) is 25.0 Å². The summed E-state index contributed by atoms with van der Waals surface area (Å²) >= 11 is 0. The molecule has 3 heterocycles. The van der Waals surface area contributed by atoms with E-state index < -0.39 is 0 Å². The Bertz CT molecular complexity index is 718. The lowest BCUT2D eigenvalue weighted by Crippen LogP contribution is -2.48. The number of hydrogen-bond acceptors (Lipinski definition) is 6. The lowest BCUT2D eigenvalue weighted by atomic mass is 10.1. The van der Waals surface area contributed by atoms with Gasteiger partial charge < -0.3 is 15.0 Å². The molecule has 0 saturated carbocycles. The first-order valence-electron chi connectivity index (χ1n) is 9.11. The number of rotatable bonds is 7. The number of anilines is 1. The molecule has 1 amide bonds. The summed E-state index contributed by atoms with van der Waals surface area (Å²) in [6, 6.07) is 1.90. The maximum atomic E-state index is 12.8. The number of carbonyl (C=O) groups is 1. The second-order valence-corrected chi connectivity index (χ2v) is 6.41. The summed E-state index contributed by atoms with van der Waals surface area (Å²) in [7, 11) is 0. The highest BCUT2D eigenvalue weighted by molar-refractivity contribution is 5.93. The largest absolute Gasteiger partial charge is 0.380 e. The summed E-state index contributed by atoms with van der Waals surface area (Å²) < 4.78 is 7.11. The first-order valence-corrected chi connectivity index (χ1v) is 9.11. The molecule has 0 spiro atoms. The molecule has 2 aromatic heterocycles. The standard InChI is InChI=1S/C18H26N6O2/c1-3-26-10-9-24-16(11-14(2)22-24)18(25)21-15-5-4-8-23(13-15)17-12-19-6-7-20-17/h6-7,11-12,15H,3-5,8-10,13H2,1-2H3,(H,21,25). The van der Waals surface area contributed by atoms with Crippen LogP contribution >= 0.6 is 0 Å². The minimum absolute atomic E-state index is 0.0776. The van der Waals surface area contributed by atoms with E-state index in [1.165, 1.54) is 0 Å². The monoisotopic (exact) mass is 358 g/mol. The van der Waals surface area contributed by atoms with Crippen molar-refractivity contribution in [3.63, 3.8) is 0 Å². The van der Waals surface area contributed by atoms with Crippen molar-refractivity contribution in [1.82, 2.24) is 25.1 Å². The zero-order chi connectivity index (χ0) is 18.4. The summed E-state index contributed by atoms with van der Waals surface area (Å²) in [4.78, 5) is 23.4. The van der Waals surface area contributed by atoms with Gasteiger partial charge in [-0.1, -0.05) is 0 Å². The molecule has 0 radical (unpaired) electrons. The van der Waals surface area contributed by atoms with Crippen LogP contribution in [-0.4, -0.2) is 58.0 Å². The smallest absolute Gasteiger partial charge is 0.269 e. The number of nitrogens with zero attached hydrogens (tertiary/aromatic N) is 5. The van der Waals surface area contributed by atoms with Gasteiger partial charge in [0, 0.05) is 38.1 Å². The predicted molar refractivity (Wildman–Crippen MR) is 98.2 cm³/mol. The van der Waals surface area contributed by atoms with Crippen molar-refractivity contribution in [2.45, 2.75) is 39.3 Å². The number of carbonyl (C=O) groups excluding carboxylic acids is 1. The lowest BCUT2D eigenvalue weighted by Gasteiger charge is -2.33. The Balaban J connectivity index is 1.62. The van der Waals surface area contributed by atoms with Crippen molar-refractivity contribution in [2.24, 2.45) is 0 Å². The van der Waals surface area contributed by atoms with Crippen molar-refractivity contribution < 1.29 is 9.53 Å². The van der Waals surface area contributed by atoms with Crippen molar-refractivity contribution in [2.75, 3.05) is 31.2 Å². The van der Waals surface area contributed by atoms with Crippen molar-refractivity contribution in [3.8, 4) is 0 Å². The molecule has 1 N–H and O–H groups in total. The molecule has 0 aromatic carbocycles. The Morgan fingerprint density at radius 3 is 3.08 bits per heavy atom. The highest BCUT2D eigenvalue weighted by Crippen LogP contribution is 2.17. The molecule has 0 aliphatic carbocycles. The number of amides is 1. The fourth-order valence-corrected chi connectivity index (χ4v) is 3.21. The molecule has 1 saturated heterocycles. The minimum atomic E-state index is -0.0897. The van der Waals surface area contributed by atoms with Gasteiger partial charge in [0.1, 0.15) is 11.5 Å². The molecule has 3 rings (SSSR count). The van der Waals surface area contributed by atoms with Crippen LogP contribution in [0.1, 0.15) is 35.9 Å². The number of piperidine rings is 1. The quantitative estimate of drug-likeness (QED) is 0.754. The lowest BCUT2D eigenvalue weighted by molar-refractivity contribution is 0.0915. The van der Waals surface area contributed by atoms with Gasteiger partial charge in [0.25, 0.3) is 5.91 Å². The van der Waals surface area contributed by atoms with E-state index in [9.17, 15) is 4.79 Å². The Kier molecular flexibility index (Phi) is 6.17. The predicted octanol–water partition coefficient (Wildman–Crippen LogP) is 1.42. The summed E-state index contributed by atoms with van der Waals surface area (Å²) in [5.41, 5.74) is 1.41. The van der Waals surface area contributed by atoms with E-state index in [0.717, 1.165) is 37.4 Å². The molecular weight excluding hydrogens is 332 g/mol. The number of ether oxygens (including phenoxy) is 1. The third-order valence-corrected chi connectivity index (χ3v) is 4.42. The van der Waals surface area contributed by atoms with Gasteiger partial charge in [-0.15, -0.1) is 0 Å². The zero-order valence-electron chi connectivity index (χ0n) is 15.4. The van der Waals surface area contributed by atoms with Gasteiger partial charge in [-0.05, 0) is 32.8 Å². The second-order valence-electron chi connectivity index (χ2n) is 6.41. The molecule has 1 aliphatic rings. The Morgan fingerprint density at radius 2 is 2.31 bits per heavy atom. The maximum Gasteiger partial charge on any atom is 0.269 e. The van der Waals surface area contributed by atoms with Crippen molar-refractivity contribution >= 4 is 11.7 Å². The van der Waals surface area contributed by atoms with Crippen molar-refractivity contribution in [1.29, 1.82) is 0 Å². The zero-order valence-corrected chi connectivity index (χ0v) is 15.4. The summed E-state index contributed by atoms with van der Waals surface area (Å²) in [5.74, 6) is 0.761. The molecular formula is C18H26N6O2. The van der Waals surface area contributed by atoms with Crippen LogP contribution in [0.2, 0.25) is 0 Å². The maximum absolute atomic E-state index is 12.8. The second kappa shape index (κ2) is 8.75. The molecule has 8 heteroatoms. The van der Waals surface area contributed by atoms with E-state index in [1.54, 1.807) is 23.3 Å². The topological polar surface area (TPSA) is 85.2 Å². The normalized spacial score (nSPS) is 17.3. The average Bonchev–Trinajstić information content (AvgIpc) is 3.04. The molecule has 2 aromatic rings. The van der Waals surface area contributed by atoms with E-state index in [4.69, 9.17) is 4.74 Å². The summed E-state index contributed by atoms with van der Waals surface area (Å²) in [6.07, 6.45) is 7.07. The first kappa shape index (κ1) is 18.3. The van der Waals surface area contributed by atoms with Gasteiger partial charge in [0.15, 0.2) is 0 Å². The Morgan fingerprint density at radius 1 is 1.42 bits per heavy atom. The van der Waals surface area contributed by atoms with Crippen LogP contribution in [0, 0.1) is 6.92 Å². The highest BCUT2D eigenvalue weighted by atomic mass is 16.5. The third kappa shape index (κ3) is 4.57. The molecule has 26 heavy (non-hydrogen) atoms. The molecule has 8 nitrogen and oxygen atoms in total. The molecule has 1 aliphatic heterocycles. The molecule has 1 fully saturated rings. The van der Waals surface area contributed by atoms with Crippen molar-refractivity contribution in [3.05, 3.63) is 36.0 Å². The molecule has 1 unspecified atom stereocenters. The number of hydrogen-bond donors (Lipinski definition) is 1. The van der Waals surface area contributed by atoms with Gasteiger partial charge in [0.2, 0.25) is 0 Å². The van der Waals surface area contributed by atoms with Crippen LogP contribution in [-0.2, 0) is 11.3 Å². The van der Waals surface area contributed by atoms with Crippen LogP contribution in [0.3, 0.4) is 0 Å². The molecule has 0 bridgehead atoms. The molecule has 1 atom stereocenters. The summed E-state index contributed by atoms with van der Waals surface area (Å²) in [6.45, 7) is 7.27. The Hall–Kier alpha value is -2.48. The number of nitrogens with one attached hydrogen (secondary N) is 1. The van der Waals surface area contributed by atoms with Gasteiger partial charge in [-0.25, -0.2) is 4.98 Å². The third-order valence-electron chi connectivity index (χ3n) is 4.42. The van der Waals surface area contributed by atoms with Crippen LogP contribution in [0.15, 0.2) is 24.7 Å². The fraction of sp³-hybridized carbons (Fsp3) is 0.556. The first-order chi connectivity index (χ1) is 12.7. The number of aryl methyl sites for hydroxylation is 1. The summed E-state index contributed by atoms with van der Waals surface area (Å²) in [5, 5.41) is 7.55. The van der Waals surface area contributed by atoms with Crippen LogP contribution in [0.5, 0.6) is 0 Å². The fourth-order valence-electron chi connectivity index (χ4n) is 3.21. The van der Waals surface area contributed by atoms with E-state index in [0.29, 0.717) is 25.5 Å². The SMILES string of the molecule is CCOCCn1nc(C)cc1C(=O)NC1CCCN(c2cnccn2)C1. The van der Waals surface area contributed by atoms with Gasteiger partial charge in [-0.3, -0.25) is 14.5 Å². The van der Waals surface area contributed by atoms with E-state index in [1.807, 2.05) is 19.9 Å². The van der Waals surface area contributed by atoms with E-state index in [2.05, 4.69) is 25.3 Å².